The van der Waals surface area contributed by atoms with Crippen LogP contribution in [-0.4, -0.2) is 30.7 Å². The zero-order valence-corrected chi connectivity index (χ0v) is 17.9. The van der Waals surface area contributed by atoms with Gasteiger partial charge in [-0.1, -0.05) is 24.3 Å². The van der Waals surface area contributed by atoms with E-state index in [0.717, 1.165) is 12.8 Å². The lowest BCUT2D eigenvalue weighted by Gasteiger charge is -2.14. The van der Waals surface area contributed by atoms with Crippen LogP contribution in [0.25, 0.3) is 0 Å². The van der Waals surface area contributed by atoms with E-state index in [2.05, 4.69) is 20.4 Å². The zero-order chi connectivity index (χ0) is 19.5. The Morgan fingerprint density at radius 2 is 1.89 bits per heavy atom. The second-order valence-electron chi connectivity index (χ2n) is 5.78. The summed E-state index contributed by atoms with van der Waals surface area (Å²) in [6.07, 6.45) is 3.47. The number of hydrogen-bond donors (Lipinski definition) is 2. The Bertz CT molecular complexity index is 799. The van der Waals surface area contributed by atoms with Gasteiger partial charge < -0.3 is 19.9 Å². The Morgan fingerprint density at radius 1 is 1.14 bits per heavy atom. The fourth-order valence-electron chi connectivity index (χ4n) is 2.52. The van der Waals surface area contributed by atoms with E-state index in [1.807, 2.05) is 6.07 Å². The molecule has 2 rings (SSSR count). The topological polar surface area (TPSA) is 67.7 Å². The van der Waals surface area contributed by atoms with Crippen LogP contribution in [0, 0.1) is 0 Å². The van der Waals surface area contributed by atoms with Crippen molar-refractivity contribution in [1.29, 1.82) is 0 Å². The standard InChI is InChI=1S/C19H24F2N4O2.HI/c1-22-19(23-11-5-7-13-25-12-6-4-10-17(25)26)24-14-15-8-2-3-9-16(15)27-18(20)21;/h2-4,6,8-10,12,18H,5,7,11,13-14H2,1H3,(H2,22,23,24);1H. The molecule has 0 spiro atoms. The monoisotopic (exact) mass is 506 g/mol. The number of alkyl halides is 2. The predicted molar refractivity (Wildman–Crippen MR) is 117 cm³/mol. The lowest BCUT2D eigenvalue weighted by atomic mass is 10.2. The van der Waals surface area contributed by atoms with E-state index in [1.165, 1.54) is 6.07 Å². The van der Waals surface area contributed by atoms with Gasteiger partial charge in [-0.3, -0.25) is 9.79 Å². The zero-order valence-electron chi connectivity index (χ0n) is 15.6. The first-order valence-electron chi connectivity index (χ1n) is 8.73. The molecule has 1 aromatic carbocycles. The third-order valence-corrected chi connectivity index (χ3v) is 3.88. The summed E-state index contributed by atoms with van der Waals surface area (Å²) in [5.41, 5.74) is 0.608. The number of hydrogen-bond acceptors (Lipinski definition) is 3. The second-order valence-corrected chi connectivity index (χ2v) is 5.78. The number of ether oxygens (including phenoxy) is 1. The molecule has 6 nitrogen and oxygen atoms in total. The summed E-state index contributed by atoms with van der Waals surface area (Å²) in [7, 11) is 1.64. The Morgan fingerprint density at radius 3 is 2.61 bits per heavy atom. The SMILES string of the molecule is CN=C(NCCCCn1ccccc1=O)NCc1ccccc1OC(F)F.I. The molecule has 0 unspecified atom stereocenters. The molecule has 0 aliphatic heterocycles. The maximum absolute atomic E-state index is 12.5. The van der Waals surface area contributed by atoms with Crippen LogP contribution in [-0.2, 0) is 13.1 Å². The van der Waals surface area contributed by atoms with E-state index in [1.54, 1.807) is 48.1 Å². The van der Waals surface area contributed by atoms with E-state index in [9.17, 15) is 13.6 Å². The minimum absolute atomic E-state index is 0. The fourth-order valence-corrected chi connectivity index (χ4v) is 2.52. The summed E-state index contributed by atoms with van der Waals surface area (Å²) in [4.78, 5) is 15.7. The molecule has 0 aliphatic rings. The maximum atomic E-state index is 12.5. The van der Waals surface area contributed by atoms with E-state index in [4.69, 9.17) is 0 Å². The lowest BCUT2D eigenvalue weighted by molar-refractivity contribution is -0.0504. The van der Waals surface area contributed by atoms with E-state index < -0.39 is 6.61 Å². The van der Waals surface area contributed by atoms with Gasteiger partial charge >= 0.3 is 6.61 Å². The molecule has 0 aliphatic carbocycles. The summed E-state index contributed by atoms with van der Waals surface area (Å²) < 4.78 is 31.1. The minimum atomic E-state index is -2.86. The van der Waals surface area contributed by atoms with Gasteiger partial charge in [-0.15, -0.1) is 24.0 Å². The maximum Gasteiger partial charge on any atom is 0.387 e. The largest absolute Gasteiger partial charge is 0.434 e. The Hall–Kier alpha value is -2.17. The number of benzene rings is 1. The quantitative estimate of drug-likeness (QED) is 0.237. The van der Waals surface area contributed by atoms with Crippen molar-refractivity contribution in [2.45, 2.75) is 32.5 Å². The molecule has 1 aromatic heterocycles. The Kier molecular flexibility index (Phi) is 11.2. The average molecular weight is 506 g/mol. The number of aromatic nitrogens is 1. The van der Waals surface area contributed by atoms with Gasteiger partial charge in [0.05, 0.1) is 0 Å². The van der Waals surface area contributed by atoms with Crippen LogP contribution in [0.15, 0.2) is 58.4 Å². The molecule has 0 saturated heterocycles. The lowest BCUT2D eigenvalue weighted by Crippen LogP contribution is -2.37. The van der Waals surface area contributed by atoms with Crippen molar-refractivity contribution >= 4 is 29.9 Å². The highest BCUT2D eigenvalue weighted by Crippen LogP contribution is 2.19. The Labute approximate surface area is 180 Å². The molecule has 154 valence electrons. The Balaban J connectivity index is 0.00000392. The number of nitrogens with zero attached hydrogens (tertiary/aromatic N) is 2. The number of para-hydroxylation sites is 1. The molecule has 9 heteroatoms. The highest BCUT2D eigenvalue weighted by atomic mass is 127. The smallest absolute Gasteiger partial charge is 0.387 e. The predicted octanol–water partition coefficient (Wildman–Crippen LogP) is 3.21. The normalized spacial score (nSPS) is 11.1. The highest BCUT2D eigenvalue weighted by Gasteiger charge is 2.09. The molecule has 2 N–H and O–H groups in total. The van der Waals surface area contributed by atoms with Crippen LogP contribution >= 0.6 is 24.0 Å². The number of unbranched alkanes of at least 4 members (excludes halogenated alkanes) is 1. The summed E-state index contributed by atoms with van der Waals surface area (Å²) in [6.45, 7) is -1.22. The first-order chi connectivity index (χ1) is 13.1. The van der Waals surface area contributed by atoms with Gasteiger partial charge in [0, 0.05) is 44.5 Å². The third-order valence-electron chi connectivity index (χ3n) is 3.88. The molecular weight excluding hydrogens is 481 g/mol. The molecule has 0 amide bonds. The minimum Gasteiger partial charge on any atom is -0.434 e. The van der Waals surface area contributed by atoms with Crippen molar-refractivity contribution in [3.05, 3.63) is 64.6 Å². The highest BCUT2D eigenvalue weighted by molar-refractivity contribution is 14.0. The van der Waals surface area contributed by atoms with Gasteiger partial charge in [-0.05, 0) is 25.0 Å². The first-order valence-corrected chi connectivity index (χ1v) is 8.73. The van der Waals surface area contributed by atoms with E-state index in [0.29, 0.717) is 31.2 Å². The van der Waals surface area contributed by atoms with Gasteiger partial charge in [-0.2, -0.15) is 8.78 Å². The number of nitrogens with one attached hydrogen (secondary N) is 2. The fraction of sp³-hybridized carbons (Fsp3) is 0.368. The van der Waals surface area contributed by atoms with Crippen molar-refractivity contribution in [2.24, 2.45) is 4.99 Å². The van der Waals surface area contributed by atoms with Crippen molar-refractivity contribution < 1.29 is 13.5 Å². The van der Waals surface area contributed by atoms with Gasteiger partial charge in [0.1, 0.15) is 5.75 Å². The average Bonchev–Trinajstić information content (AvgIpc) is 2.66. The van der Waals surface area contributed by atoms with Gasteiger partial charge in [0.25, 0.3) is 0 Å². The summed E-state index contributed by atoms with van der Waals surface area (Å²) in [5.74, 6) is 0.711. The molecule has 0 atom stereocenters. The van der Waals surface area contributed by atoms with Crippen LogP contribution in [0.4, 0.5) is 8.78 Å². The summed E-state index contributed by atoms with van der Waals surface area (Å²) >= 11 is 0. The third kappa shape index (κ3) is 8.24. The number of aryl methyl sites for hydroxylation is 1. The van der Waals surface area contributed by atoms with Crippen LogP contribution in [0.1, 0.15) is 18.4 Å². The van der Waals surface area contributed by atoms with E-state index >= 15 is 0 Å². The van der Waals surface area contributed by atoms with Crippen LogP contribution in [0.5, 0.6) is 5.75 Å². The van der Waals surface area contributed by atoms with Crippen molar-refractivity contribution in [3.63, 3.8) is 0 Å². The summed E-state index contributed by atoms with van der Waals surface area (Å²) in [5, 5.41) is 6.24. The van der Waals surface area contributed by atoms with E-state index in [-0.39, 0.29) is 35.3 Å². The van der Waals surface area contributed by atoms with Crippen LogP contribution in [0.2, 0.25) is 0 Å². The number of pyridine rings is 1. The number of rotatable bonds is 9. The first kappa shape index (κ1) is 23.9. The van der Waals surface area contributed by atoms with Crippen molar-refractivity contribution in [1.82, 2.24) is 15.2 Å². The molecule has 0 fully saturated rings. The molecular formula is C19H25F2IN4O2. The number of halogens is 3. The second kappa shape index (κ2) is 13.1. The van der Waals surface area contributed by atoms with Crippen LogP contribution in [0.3, 0.4) is 0 Å². The molecule has 1 heterocycles. The molecule has 0 bridgehead atoms. The van der Waals surface area contributed by atoms with Crippen LogP contribution < -0.4 is 20.9 Å². The van der Waals surface area contributed by atoms with Crippen molar-refractivity contribution in [3.8, 4) is 5.75 Å². The number of aliphatic imine (C=N–C) groups is 1. The van der Waals surface area contributed by atoms with Gasteiger partial charge in [-0.25, -0.2) is 0 Å². The van der Waals surface area contributed by atoms with Gasteiger partial charge in [0.2, 0.25) is 5.56 Å². The number of guanidine groups is 1. The van der Waals surface area contributed by atoms with Gasteiger partial charge in [0.15, 0.2) is 5.96 Å². The molecule has 0 radical (unpaired) electrons. The molecule has 28 heavy (non-hydrogen) atoms. The molecule has 0 saturated carbocycles. The molecule has 2 aromatic rings. The van der Waals surface area contributed by atoms with Crippen molar-refractivity contribution in [2.75, 3.05) is 13.6 Å². The summed E-state index contributed by atoms with van der Waals surface area (Å²) in [6, 6.07) is 11.7.